The molecule has 0 radical (unpaired) electrons. The van der Waals surface area contributed by atoms with Gasteiger partial charge in [-0.3, -0.25) is 4.99 Å². The second-order valence-electron chi connectivity index (χ2n) is 3.11. The Morgan fingerprint density at radius 1 is 1.50 bits per heavy atom. The van der Waals surface area contributed by atoms with Gasteiger partial charge >= 0.3 is 0 Å². The van der Waals surface area contributed by atoms with Crippen LogP contribution in [0.2, 0.25) is 0 Å². The molecule has 76 valence electrons. The zero-order chi connectivity index (χ0) is 10.6. The lowest BCUT2D eigenvalue weighted by Gasteiger charge is -2.06. The van der Waals surface area contributed by atoms with Crippen molar-refractivity contribution in [2.45, 2.75) is 13.8 Å². The summed E-state index contributed by atoms with van der Waals surface area (Å²) in [5.74, 6) is 0. The third kappa shape index (κ3) is 2.73. The second kappa shape index (κ2) is 5.00. The standard InChI is InChI=1S/C10H15N3S/c1-7(8(2)11)9-4-10(14-3)13-6-12-5-9/h4,6H,5,11H2,1-3H3/b8-7-. The molecule has 3 nitrogen and oxygen atoms in total. The number of aliphatic imine (C=N–C) groups is 2. The minimum Gasteiger partial charge on any atom is -0.402 e. The Morgan fingerprint density at radius 2 is 2.21 bits per heavy atom. The van der Waals surface area contributed by atoms with E-state index in [1.54, 1.807) is 18.1 Å². The highest BCUT2D eigenvalue weighted by atomic mass is 32.2. The number of hydrogen-bond donors (Lipinski definition) is 1. The molecule has 0 aliphatic carbocycles. The average molecular weight is 209 g/mol. The molecule has 0 bridgehead atoms. The summed E-state index contributed by atoms with van der Waals surface area (Å²) in [5, 5.41) is 0.974. The topological polar surface area (TPSA) is 50.7 Å². The number of thioether (sulfide) groups is 1. The molecule has 4 heteroatoms. The van der Waals surface area contributed by atoms with Crippen LogP contribution >= 0.6 is 11.8 Å². The summed E-state index contributed by atoms with van der Waals surface area (Å²) in [6.07, 6.45) is 5.65. The number of allylic oxidation sites excluding steroid dienone is 1. The fourth-order valence-electron chi connectivity index (χ4n) is 1.06. The first-order chi connectivity index (χ1) is 6.65. The Balaban J connectivity index is 3.01. The van der Waals surface area contributed by atoms with Crippen molar-refractivity contribution < 1.29 is 0 Å². The normalized spacial score (nSPS) is 18.2. The Morgan fingerprint density at radius 3 is 2.79 bits per heavy atom. The van der Waals surface area contributed by atoms with E-state index in [-0.39, 0.29) is 0 Å². The van der Waals surface area contributed by atoms with E-state index in [4.69, 9.17) is 5.73 Å². The molecule has 14 heavy (non-hydrogen) atoms. The summed E-state index contributed by atoms with van der Waals surface area (Å²) in [7, 11) is 0. The third-order valence-corrected chi connectivity index (χ3v) is 2.75. The monoisotopic (exact) mass is 209 g/mol. The summed E-state index contributed by atoms with van der Waals surface area (Å²) in [5.41, 5.74) is 8.83. The van der Waals surface area contributed by atoms with E-state index in [0.29, 0.717) is 6.54 Å². The number of rotatable bonds is 1. The number of nitrogens with two attached hydrogens (primary N) is 1. The Kier molecular flexibility index (Phi) is 3.95. The van der Waals surface area contributed by atoms with Crippen LogP contribution in [0.25, 0.3) is 0 Å². The van der Waals surface area contributed by atoms with Crippen molar-refractivity contribution in [1.82, 2.24) is 0 Å². The molecule has 0 aromatic heterocycles. The van der Waals surface area contributed by atoms with Crippen molar-refractivity contribution in [3.8, 4) is 0 Å². The van der Waals surface area contributed by atoms with Gasteiger partial charge in [0.05, 0.1) is 11.6 Å². The van der Waals surface area contributed by atoms with Crippen molar-refractivity contribution in [1.29, 1.82) is 0 Å². The van der Waals surface area contributed by atoms with Gasteiger partial charge in [0.15, 0.2) is 0 Å². The zero-order valence-electron chi connectivity index (χ0n) is 8.74. The fraction of sp³-hybridized carbons (Fsp3) is 0.400. The summed E-state index contributed by atoms with van der Waals surface area (Å²) >= 11 is 1.61. The molecule has 0 spiro atoms. The molecule has 1 heterocycles. The second-order valence-corrected chi connectivity index (χ2v) is 3.93. The average Bonchev–Trinajstić information content (AvgIpc) is 2.41. The summed E-state index contributed by atoms with van der Waals surface area (Å²) in [4.78, 5) is 8.35. The maximum Gasteiger partial charge on any atom is 0.111 e. The van der Waals surface area contributed by atoms with E-state index in [2.05, 4.69) is 9.98 Å². The predicted molar refractivity (Wildman–Crippen MR) is 65.0 cm³/mol. The van der Waals surface area contributed by atoms with E-state index < -0.39 is 0 Å². The number of nitrogens with zero attached hydrogens (tertiary/aromatic N) is 2. The maximum atomic E-state index is 5.74. The van der Waals surface area contributed by atoms with E-state index in [9.17, 15) is 0 Å². The predicted octanol–water partition coefficient (Wildman–Crippen LogP) is 1.97. The van der Waals surface area contributed by atoms with E-state index >= 15 is 0 Å². The molecule has 1 aliphatic rings. The van der Waals surface area contributed by atoms with Gasteiger partial charge in [0.25, 0.3) is 0 Å². The first kappa shape index (κ1) is 11.0. The third-order valence-electron chi connectivity index (χ3n) is 2.11. The molecular weight excluding hydrogens is 194 g/mol. The van der Waals surface area contributed by atoms with Crippen molar-refractivity contribution in [3.63, 3.8) is 0 Å². The van der Waals surface area contributed by atoms with Crippen LogP contribution in [0, 0.1) is 0 Å². The van der Waals surface area contributed by atoms with Gasteiger partial charge < -0.3 is 5.73 Å². The molecule has 0 amide bonds. The molecule has 0 saturated carbocycles. The molecule has 1 aliphatic heterocycles. The van der Waals surface area contributed by atoms with Gasteiger partial charge in [0, 0.05) is 5.70 Å². The van der Waals surface area contributed by atoms with E-state index in [1.165, 1.54) is 0 Å². The highest BCUT2D eigenvalue weighted by molar-refractivity contribution is 8.13. The van der Waals surface area contributed by atoms with Crippen LogP contribution in [0.3, 0.4) is 0 Å². The van der Waals surface area contributed by atoms with Crippen molar-refractivity contribution in [2.75, 3.05) is 12.8 Å². The quantitative estimate of drug-likeness (QED) is 0.717. The molecule has 1 rings (SSSR count). The van der Waals surface area contributed by atoms with Crippen LogP contribution in [0.15, 0.2) is 32.9 Å². The first-order valence-electron chi connectivity index (χ1n) is 4.39. The highest BCUT2D eigenvalue weighted by Gasteiger charge is 2.05. The molecule has 0 saturated heterocycles. The lowest BCUT2D eigenvalue weighted by Crippen LogP contribution is -2.01. The summed E-state index contributed by atoms with van der Waals surface area (Å²) in [6, 6.07) is 0. The SMILES string of the molecule is CSC1=NC=NCC(/C(C)=C(/C)N)=C1. The van der Waals surface area contributed by atoms with Gasteiger partial charge in [-0.15, -0.1) is 11.8 Å². The molecule has 0 unspecified atom stereocenters. The Hall–Kier alpha value is -1.03. The molecule has 0 fully saturated rings. The van der Waals surface area contributed by atoms with E-state index in [1.807, 2.05) is 26.2 Å². The fourth-order valence-corrected chi connectivity index (χ4v) is 1.47. The van der Waals surface area contributed by atoms with Crippen LogP contribution in [0.1, 0.15) is 13.8 Å². The van der Waals surface area contributed by atoms with Crippen LogP contribution in [-0.2, 0) is 0 Å². The van der Waals surface area contributed by atoms with Gasteiger partial charge in [-0.25, -0.2) is 4.99 Å². The molecule has 2 N–H and O–H groups in total. The van der Waals surface area contributed by atoms with E-state index in [0.717, 1.165) is 21.9 Å². The van der Waals surface area contributed by atoms with Crippen LogP contribution in [0.5, 0.6) is 0 Å². The lowest BCUT2D eigenvalue weighted by atomic mass is 10.1. The summed E-state index contributed by atoms with van der Waals surface area (Å²) < 4.78 is 0. The van der Waals surface area contributed by atoms with Crippen molar-refractivity contribution in [2.24, 2.45) is 15.7 Å². The smallest absolute Gasteiger partial charge is 0.111 e. The van der Waals surface area contributed by atoms with Crippen molar-refractivity contribution >= 4 is 23.1 Å². The van der Waals surface area contributed by atoms with Crippen molar-refractivity contribution in [3.05, 3.63) is 22.9 Å². The highest BCUT2D eigenvalue weighted by Crippen LogP contribution is 2.16. The Bertz CT molecular complexity index is 333. The van der Waals surface area contributed by atoms with Gasteiger partial charge in [-0.1, -0.05) is 0 Å². The molecular formula is C10H15N3S. The number of hydrogen-bond acceptors (Lipinski definition) is 4. The zero-order valence-corrected chi connectivity index (χ0v) is 9.56. The van der Waals surface area contributed by atoms with Crippen LogP contribution in [0.4, 0.5) is 0 Å². The molecule has 0 atom stereocenters. The largest absolute Gasteiger partial charge is 0.402 e. The molecule has 0 aromatic rings. The van der Waals surface area contributed by atoms with Gasteiger partial charge in [-0.05, 0) is 37.3 Å². The van der Waals surface area contributed by atoms with Crippen LogP contribution in [-0.4, -0.2) is 24.2 Å². The van der Waals surface area contributed by atoms with Gasteiger partial charge in [0.1, 0.15) is 6.34 Å². The Labute approximate surface area is 88.9 Å². The van der Waals surface area contributed by atoms with Crippen LogP contribution < -0.4 is 5.73 Å². The maximum absolute atomic E-state index is 5.74. The molecule has 0 aromatic carbocycles. The van der Waals surface area contributed by atoms with Gasteiger partial charge in [0.2, 0.25) is 0 Å². The minimum atomic E-state index is 0.661. The minimum absolute atomic E-state index is 0.661. The first-order valence-corrected chi connectivity index (χ1v) is 5.61. The lowest BCUT2D eigenvalue weighted by molar-refractivity contribution is 1.11. The summed E-state index contributed by atoms with van der Waals surface area (Å²) in [6.45, 7) is 4.58. The van der Waals surface area contributed by atoms with Gasteiger partial charge in [-0.2, -0.15) is 0 Å².